The molecule has 0 saturated heterocycles. The summed E-state index contributed by atoms with van der Waals surface area (Å²) in [4.78, 5) is 0. The van der Waals surface area contributed by atoms with Gasteiger partial charge in [-0.25, -0.2) is 0 Å². The van der Waals surface area contributed by atoms with Crippen LogP contribution in [0.1, 0.15) is 16.7 Å². The Bertz CT molecular complexity index is 647. The third-order valence-corrected chi connectivity index (χ3v) is 3.17. The monoisotopic (exact) mass is 272 g/mol. The predicted molar refractivity (Wildman–Crippen MR) is 76.1 cm³/mol. The average Bonchev–Trinajstić information content (AvgIpc) is 2.41. The van der Waals surface area contributed by atoms with E-state index in [-0.39, 0.29) is 0 Å². The van der Waals surface area contributed by atoms with Crippen molar-refractivity contribution in [3.05, 3.63) is 58.1 Å². The molecule has 96 valence electrons. The molecule has 2 rings (SSSR count). The van der Waals surface area contributed by atoms with Gasteiger partial charge >= 0.3 is 0 Å². The van der Waals surface area contributed by atoms with E-state index < -0.39 is 0 Å². The summed E-state index contributed by atoms with van der Waals surface area (Å²) < 4.78 is 5.66. The van der Waals surface area contributed by atoms with Crippen molar-refractivity contribution in [3.8, 4) is 11.8 Å². The molecule has 2 N–H and O–H groups in total. The van der Waals surface area contributed by atoms with Gasteiger partial charge in [0.25, 0.3) is 0 Å². The fraction of sp³-hybridized carbons (Fsp3) is 0.133. The molecule has 0 aliphatic carbocycles. The van der Waals surface area contributed by atoms with Crippen molar-refractivity contribution in [1.29, 1.82) is 5.26 Å². The molecule has 2 aromatic carbocycles. The van der Waals surface area contributed by atoms with Gasteiger partial charge in [0.05, 0.1) is 22.3 Å². The Morgan fingerprint density at radius 3 is 2.68 bits per heavy atom. The van der Waals surface area contributed by atoms with Crippen LogP contribution in [0.25, 0.3) is 0 Å². The van der Waals surface area contributed by atoms with Crippen LogP contribution in [0.2, 0.25) is 5.02 Å². The van der Waals surface area contributed by atoms with Gasteiger partial charge in [-0.05, 0) is 42.3 Å². The molecule has 0 aromatic heterocycles. The third-order valence-electron chi connectivity index (χ3n) is 2.84. The SMILES string of the molecule is Cc1cc(C#N)ccc1COc1ccc(N)c(Cl)c1. The molecule has 0 saturated carbocycles. The highest BCUT2D eigenvalue weighted by Gasteiger charge is 2.03. The molecule has 0 fully saturated rings. The molecule has 0 unspecified atom stereocenters. The number of hydrogen-bond donors (Lipinski definition) is 1. The summed E-state index contributed by atoms with van der Waals surface area (Å²) in [5.74, 6) is 0.669. The summed E-state index contributed by atoms with van der Waals surface area (Å²) in [6, 6.07) is 12.8. The van der Waals surface area contributed by atoms with E-state index in [1.54, 1.807) is 24.3 Å². The Labute approximate surface area is 117 Å². The zero-order valence-corrected chi connectivity index (χ0v) is 11.2. The molecule has 2 aromatic rings. The van der Waals surface area contributed by atoms with Crippen molar-refractivity contribution >= 4 is 17.3 Å². The van der Waals surface area contributed by atoms with E-state index in [1.165, 1.54) is 0 Å². The van der Waals surface area contributed by atoms with Crippen LogP contribution in [0.4, 0.5) is 5.69 Å². The van der Waals surface area contributed by atoms with Crippen LogP contribution >= 0.6 is 11.6 Å². The molecule has 0 heterocycles. The minimum atomic E-state index is 0.428. The zero-order valence-electron chi connectivity index (χ0n) is 10.5. The van der Waals surface area contributed by atoms with Crippen LogP contribution in [0, 0.1) is 18.3 Å². The third kappa shape index (κ3) is 3.18. The highest BCUT2D eigenvalue weighted by atomic mass is 35.5. The lowest BCUT2D eigenvalue weighted by molar-refractivity contribution is 0.305. The van der Waals surface area contributed by atoms with Crippen molar-refractivity contribution in [2.45, 2.75) is 13.5 Å². The molecule has 0 radical (unpaired) electrons. The minimum Gasteiger partial charge on any atom is -0.489 e. The standard InChI is InChI=1S/C15H13ClN2O/c1-10-6-11(8-17)2-3-12(10)9-19-13-4-5-15(18)14(16)7-13/h2-7H,9,18H2,1H3. The molecular weight excluding hydrogens is 260 g/mol. The quantitative estimate of drug-likeness (QED) is 0.867. The first-order valence-corrected chi connectivity index (χ1v) is 6.15. The fourth-order valence-corrected chi connectivity index (χ4v) is 1.86. The van der Waals surface area contributed by atoms with Crippen LogP contribution in [0.3, 0.4) is 0 Å². The van der Waals surface area contributed by atoms with Crippen LogP contribution in [-0.2, 0) is 6.61 Å². The molecule has 0 aliphatic rings. The van der Waals surface area contributed by atoms with Gasteiger partial charge in [0.2, 0.25) is 0 Å². The molecule has 3 nitrogen and oxygen atoms in total. The van der Waals surface area contributed by atoms with Crippen LogP contribution in [0.15, 0.2) is 36.4 Å². The summed E-state index contributed by atoms with van der Waals surface area (Å²) in [5.41, 5.74) is 8.88. The van der Waals surface area contributed by atoms with E-state index in [2.05, 4.69) is 6.07 Å². The second-order valence-electron chi connectivity index (χ2n) is 4.23. The lowest BCUT2D eigenvalue weighted by atomic mass is 10.1. The van der Waals surface area contributed by atoms with Crippen molar-refractivity contribution in [2.24, 2.45) is 0 Å². The number of nitriles is 1. The number of aryl methyl sites for hydroxylation is 1. The lowest BCUT2D eigenvalue weighted by Gasteiger charge is -2.10. The molecule has 0 spiro atoms. The molecule has 0 aliphatic heterocycles. The van der Waals surface area contributed by atoms with Gasteiger partial charge in [-0.3, -0.25) is 0 Å². The lowest BCUT2D eigenvalue weighted by Crippen LogP contribution is -1.98. The van der Waals surface area contributed by atoms with Crippen molar-refractivity contribution in [3.63, 3.8) is 0 Å². The Kier molecular flexibility index (Phi) is 3.94. The molecule has 0 atom stereocenters. The number of nitrogens with zero attached hydrogens (tertiary/aromatic N) is 1. The number of nitrogens with two attached hydrogens (primary N) is 1. The first kappa shape index (κ1) is 13.3. The molecule has 0 amide bonds. The van der Waals surface area contributed by atoms with Gasteiger partial charge in [-0.15, -0.1) is 0 Å². The van der Waals surface area contributed by atoms with E-state index in [1.807, 2.05) is 19.1 Å². The van der Waals surface area contributed by atoms with E-state index >= 15 is 0 Å². The predicted octanol–water partition coefficient (Wildman–Crippen LogP) is 3.68. The first-order chi connectivity index (χ1) is 9.10. The van der Waals surface area contributed by atoms with Gasteiger partial charge < -0.3 is 10.5 Å². The van der Waals surface area contributed by atoms with Gasteiger partial charge in [0.1, 0.15) is 12.4 Å². The Balaban J connectivity index is 2.10. The Morgan fingerprint density at radius 1 is 1.26 bits per heavy atom. The van der Waals surface area contributed by atoms with Crippen molar-refractivity contribution < 1.29 is 4.74 Å². The maximum Gasteiger partial charge on any atom is 0.121 e. The molecule has 19 heavy (non-hydrogen) atoms. The molecular formula is C15H13ClN2O. The van der Waals surface area contributed by atoms with Gasteiger partial charge in [0, 0.05) is 6.07 Å². The van der Waals surface area contributed by atoms with Crippen molar-refractivity contribution in [1.82, 2.24) is 0 Å². The number of nitrogen functional groups attached to an aromatic ring is 1. The summed E-state index contributed by atoms with van der Waals surface area (Å²) in [6.07, 6.45) is 0. The van der Waals surface area contributed by atoms with E-state index in [4.69, 9.17) is 27.3 Å². The Morgan fingerprint density at radius 2 is 2.05 bits per heavy atom. The number of benzene rings is 2. The first-order valence-electron chi connectivity index (χ1n) is 5.77. The number of hydrogen-bond acceptors (Lipinski definition) is 3. The van der Waals surface area contributed by atoms with Crippen LogP contribution < -0.4 is 10.5 Å². The van der Waals surface area contributed by atoms with Crippen molar-refractivity contribution in [2.75, 3.05) is 5.73 Å². The number of anilines is 1. The second kappa shape index (κ2) is 5.64. The topological polar surface area (TPSA) is 59.0 Å². The van der Waals surface area contributed by atoms with Crippen LogP contribution in [0.5, 0.6) is 5.75 Å². The normalized spacial score (nSPS) is 9.95. The van der Waals surface area contributed by atoms with Crippen LogP contribution in [-0.4, -0.2) is 0 Å². The number of rotatable bonds is 3. The largest absolute Gasteiger partial charge is 0.489 e. The zero-order chi connectivity index (χ0) is 13.8. The van der Waals surface area contributed by atoms with E-state index in [0.717, 1.165) is 11.1 Å². The summed E-state index contributed by atoms with van der Waals surface area (Å²) in [7, 11) is 0. The maximum absolute atomic E-state index is 8.81. The number of ether oxygens (including phenoxy) is 1. The second-order valence-corrected chi connectivity index (χ2v) is 4.63. The maximum atomic E-state index is 8.81. The van der Waals surface area contributed by atoms with E-state index in [0.29, 0.717) is 28.6 Å². The van der Waals surface area contributed by atoms with Gasteiger partial charge in [-0.1, -0.05) is 17.7 Å². The fourth-order valence-electron chi connectivity index (χ4n) is 1.69. The summed E-state index contributed by atoms with van der Waals surface area (Å²) in [6.45, 7) is 2.38. The average molecular weight is 273 g/mol. The smallest absolute Gasteiger partial charge is 0.121 e. The molecule has 0 bridgehead atoms. The van der Waals surface area contributed by atoms with E-state index in [9.17, 15) is 0 Å². The molecule has 4 heteroatoms. The van der Waals surface area contributed by atoms with Gasteiger partial charge in [0.15, 0.2) is 0 Å². The number of halogens is 1. The van der Waals surface area contributed by atoms with Gasteiger partial charge in [-0.2, -0.15) is 5.26 Å². The Hall–Kier alpha value is -2.18. The summed E-state index contributed by atoms with van der Waals surface area (Å²) >= 11 is 5.93. The highest BCUT2D eigenvalue weighted by Crippen LogP contribution is 2.25. The minimum absolute atomic E-state index is 0.428. The summed E-state index contributed by atoms with van der Waals surface area (Å²) in [5, 5.41) is 9.29. The highest BCUT2D eigenvalue weighted by molar-refractivity contribution is 6.33.